The summed E-state index contributed by atoms with van der Waals surface area (Å²) in [7, 11) is 0. The molecule has 3 unspecified atom stereocenters. The van der Waals surface area contributed by atoms with Crippen LogP contribution >= 0.6 is 0 Å². The molecule has 4 bridgehead atoms. The van der Waals surface area contributed by atoms with Crippen LogP contribution in [0.5, 0.6) is 0 Å². The summed E-state index contributed by atoms with van der Waals surface area (Å²) in [6, 6.07) is 0.554. The molecule has 0 radical (unpaired) electrons. The lowest BCUT2D eigenvalue weighted by Crippen LogP contribution is -2.56. The third kappa shape index (κ3) is 3.17. The van der Waals surface area contributed by atoms with E-state index in [4.69, 9.17) is 4.74 Å². The SMILES string of the molecule is CCNC(COCC)CC12CC3CC(C)(CC(C)(C3)C1)C2. The second kappa shape index (κ2) is 5.53. The fourth-order valence-electron chi connectivity index (χ4n) is 7.17. The lowest BCUT2D eigenvalue weighted by Gasteiger charge is -2.66. The van der Waals surface area contributed by atoms with E-state index in [0.717, 1.165) is 25.7 Å². The number of nitrogens with one attached hydrogen (secondary N) is 1. The molecule has 0 amide bonds. The lowest BCUT2D eigenvalue weighted by molar-refractivity contribution is -0.151. The molecule has 21 heavy (non-hydrogen) atoms. The van der Waals surface area contributed by atoms with E-state index >= 15 is 0 Å². The molecule has 4 rings (SSSR count). The van der Waals surface area contributed by atoms with Crippen LogP contribution in [0.25, 0.3) is 0 Å². The number of ether oxygens (including phenoxy) is 1. The Bertz CT molecular complexity index is 362. The summed E-state index contributed by atoms with van der Waals surface area (Å²) in [6.07, 6.45) is 10.3. The lowest BCUT2D eigenvalue weighted by atomic mass is 9.39. The van der Waals surface area contributed by atoms with Crippen LogP contribution in [0.4, 0.5) is 0 Å². The number of hydrogen-bond donors (Lipinski definition) is 1. The molecule has 4 aliphatic rings. The van der Waals surface area contributed by atoms with Crippen LogP contribution in [0.3, 0.4) is 0 Å². The predicted molar refractivity (Wildman–Crippen MR) is 88.4 cm³/mol. The third-order valence-electron chi connectivity index (χ3n) is 6.44. The second-order valence-corrected chi connectivity index (χ2v) is 9.25. The molecule has 4 aliphatic carbocycles. The van der Waals surface area contributed by atoms with Gasteiger partial charge in [0.05, 0.1) is 6.61 Å². The van der Waals surface area contributed by atoms with Crippen molar-refractivity contribution in [3.05, 3.63) is 0 Å². The Kier molecular flexibility index (Phi) is 4.16. The summed E-state index contributed by atoms with van der Waals surface area (Å²) in [5.41, 5.74) is 1.87. The Labute approximate surface area is 131 Å². The first-order valence-corrected chi connectivity index (χ1v) is 9.21. The molecular weight excluding hydrogens is 258 g/mol. The van der Waals surface area contributed by atoms with Gasteiger partial charge in [0.2, 0.25) is 0 Å². The normalized spacial score (nSPS) is 46.0. The predicted octanol–water partition coefficient (Wildman–Crippen LogP) is 4.39. The summed E-state index contributed by atoms with van der Waals surface area (Å²) < 4.78 is 5.75. The maximum absolute atomic E-state index is 5.75. The summed E-state index contributed by atoms with van der Waals surface area (Å²) in [5, 5.41) is 3.69. The summed E-state index contributed by atoms with van der Waals surface area (Å²) >= 11 is 0. The molecule has 1 N–H and O–H groups in total. The van der Waals surface area contributed by atoms with Gasteiger partial charge in [0, 0.05) is 12.6 Å². The van der Waals surface area contributed by atoms with Gasteiger partial charge < -0.3 is 10.1 Å². The van der Waals surface area contributed by atoms with Gasteiger partial charge in [-0.05, 0) is 80.6 Å². The van der Waals surface area contributed by atoms with Gasteiger partial charge in [-0.2, -0.15) is 0 Å². The molecular formula is C19H35NO. The van der Waals surface area contributed by atoms with Crippen LogP contribution in [0.15, 0.2) is 0 Å². The van der Waals surface area contributed by atoms with E-state index < -0.39 is 0 Å². The number of likely N-dealkylation sites (N-methyl/N-ethyl adjacent to an activating group) is 1. The fraction of sp³-hybridized carbons (Fsp3) is 1.00. The van der Waals surface area contributed by atoms with E-state index in [1.807, 2.05) is 0 Å². The van der Waals surface area contributed by atoms with Crippen molar-refractivity contribution in [2.75, 3.05) is 19.8 Å². The standard InChI is InChI=1S/C19H35NO/c1-5-20-16(11-21-6-2)10-19-9-15-7-17(3,13-19)12-18(4,8-15)14-19/h15-16,20H,5-14H2,1-4H3. The molecule has 0 saturated heterocycles. The first-order valence-electron chi connectivity index (χ1n) is 9.21. The highest BCUT2D eigenvalue weighted by atomic mass is 16.5. The maximum Gasteiger partial charge on any atom is 0.0619 e. The van der Waals surface area contributed by atoms with E-state index in [-0.39, 0.29) is 0 Å². The molecule has 2 heteroatoms. The van der Waals surface area contributed by atoms with Gasteiger partial charge in [0.15, 0.2) is 0 Å². The first-order chi connectivity index (χ1) is 9.90. The molecule has 3 atom stereocenters. The zero-order valence-electron chi connectivity index (χ0n) is 14.6. The van der Waals surface area contributed by atoms with Crippen LogP contribution in [-0.4, -0.2) is 25.8 Å². The van der Waals surface area contributed by atoms with Crippen molar-refractivity contribution in [3.8, 4) is 0 Å². The Hall–Kier alpha value is -0.0800. The van der Waals surface area contributed by atoms with Crippen LogP contribution in [0, 0.1) is 22.2 Å². The van der Waals surface area contributed by atoms with Crippen LogP contribution in [0.1, 0.15) is 72.6 Å². The number of rotatable bonds is 7. The highest BCUT2D eigenvalue weighted by molar-refractivity contribution is 5.11. The van der Waals surface area contributed by atoms with E-state index in [9.17, 15) is 0 Å². The highest BCUT2D eigenvalue weighted by Gasteiger charge is 2.60. The van der Waals surface area contributed by atoms with E-state index in [2.05, 4.69) is 33.0 Å². The second-order valence-electron chi connectivity index (χ2n) is 9.25. The zero-order valence-corrected chi connectivity index (χ0v) is 14.6. The van der Waals surface area contributed by atoms with Gasteiger partial charge in [-0.3, -0.25) is 0 Å². The quantitative estimate of drug-likeness (QED) is 0.752. The van der Waals surface area contributed by atoms with E-state index in [0.29, 0.717) is 22.3 Å². The molecule has 0 aromatic heterocycles. The van der Waals surface area contributed by atoms with Crippen molar-refractivity contribution in [3.63, 3.8) is 0 Å². The molecule has 0 aromatic carbocycles. The van der Waals surface area contributed by atoms with Crippen molar-refractivity contribution >= 4 is 0 Å². The largest absolute Gasteiger partial charge is 0.380 e. The minimum absolute atomic E-state index is 0.554. The van der Waals surface area contributed by atoms with Crippen LogP contribution < -0.4 is 5.32 Å². The Morgan fingerprint density at radius 1 is 1.05 bits per heavy atom. The fourth-order valence-corrected chi connectivity index (χ4v) is 7.17. The van der Waals surface area contributed by atoms with Gasteiger partial charge in [-0.15, -0.1) is 0 Å². The maximum atomic E-state index is 5.75. The Morgan fingerprint density at radius 2 is 1.71 bits per heavy atom. The van der Waals surface area contributed by atoms with Crippen molar-refractivity contribution in [1.82, 2.24) is 5.32 Å². The minimum atomic E-state index is 0.554. The molecule has 4 saturated carbocycles. The van der Waals surface area contributed by atoms with Crippen molar-refractivity contribution in [2.45, 2.75) is 78.7 Å². The molecule has 0 aliphatic heterocycles. The monoisotopic (exact) mass is 293 g/mol. The van der Waals surface area contributed by atoms with Gasteiger partial charge in [0.1, 0.15) is 0 Å². The Morgan fingerprint density at radius 3 is 2.24 bits per heavy atom. The smallest absolute Gasteiger partial charge is 0.0619 e. The topological polar surface area (TPSA) is 21.3 Å². The van der Waals surface area contributed by atoms with Gasteiger partial charge in [-0.25, -0.2) is 0 Å². The minimum Gasteiger partial charge on any atom is -0.380 e. The summed E-state index contributed by atoms with van der Waals surface area (Å²) in [6.45, 7) is 12.3. The molecule has 0 spiro atoms. The van der Waals surface area contributed by atoms with Gasteiger partial charge >= 0.3 is 0 Å². The summed E-state index contributed by atoms with van der Waals surface area (Å²) in [5.74, 6) is 1.01. The van der Waals surface area contributed by atoms with Crippen LogP contribution in [0.2, 0.25) is 0 Å². The van der Waals surface area contributed by atoms with Crippen molar-refractivity contribution in [2.24, 2.45) is 22.2 Å². The third-order valence-corrected chi connectivity index (χ3v) is 6.44. The Balaban J connectivity index is 1.74. The number of hydrogen-bond acceptors (Lipinski definition) is 2. The average Bonchev–Trinajstić information content (AvgIpc) is 2.31. The molecule has 2 nitrogen and oxygen atoms in total. The summed E-state index contributed by atoms with van der Waals surface area (Å²) in [4.78, 5) is 0. The van der Waals surface area contributed by atoms with E-state index in [1.54, 1.807) is 0 Å². The molecule has 122 valence electrons. The van der Waals surface area contributed by atoms with Crippen molar-refractivity contribution in [1.29, 1.82) is 0 Å². The molecule has 0 aromatic rings. The molecule has 0 heterocycles. The zero-order chi connectivity index (χ0) is 15.1. The average molecular weight is 293 g/mol. The van der Waals surface area contributed by atoms with E-state index in [1.165, 1.54) is 44.9 Å². The van der Waals surface area contributed by atoms with Gasteiger partial charge in [-0.1, -0.05) is 20.8 Å². The van der Waals surface area contributed by atoms with Crippen LogP contribution in [-0.2, 0) is 4.74 Å². The van der Waals surface area contributed by atoms with Crippen molar-refractivity contribution < 1.29 is 4.74 Å². The van der Waals surface area contributed by atoms with Gasteiger partial charge in [0.25, 0.3) is 0 Å². The first kappa shape index (κ1) is 15.8. The highest BCUT2D eigenvalue weighted by Crippen LogP contribution is 2.70. The molecule has 4 fully saturated rings.